The Morgan fingerprint density at radius 1 is 1.29 bits per heavy atom. The summed E-state index contributed by atoms with van der Waals surface area (Å²) >= 11 is 0. The Labute approximate surface area is 119 Å². The lowest BCUT2D eigenvalue weighted by molar-refractivity contribution is -0.386. The molecule has 1 fully saturated rings. The fourth-order valence-electron chi connectivity index (χ4n) is 2.25. The van der Waals surface area contributed by atoms with Gasteiger partial charge in [-0.25, -0.2) is 0 Å². The average molecular weight is 304 g/mol. The van der Waals surface area contributed by atoms with Gasteiger partial charge in [-0.1, -0.05) is 0 Å². The number of benzene rings is 1. The van der Waals surface area contributed by atoms with Gasteiger partial charge >= 0.3 is 11.9 Å². The number of hydrogen-bond donors (Lipinski definition) is 0. The molecule has 0 atom stereocenters. The standard InChI is InChI=1S/C13H15F3N2O3/c14-13(15,16)10-3-4-12(11(9-10)18(19)20)21-8-7-17-5-1-2-6-17/h3-4,9H,1-2,5-8H2. The molecular weight excluding hydrogens is 289 g/mol. The minimum Gasteiger partial charge on any atom is -0.485 e. The molecule has 8 heteroatoms. The molecule has 1 saturated heterocycles. The summed E-state index contributed by atoms with van der Waals surface area (Å²) in [5.74, 6) is -0.132. The molecule has 1 aromatic rings. The first kappa shape index (κ1) is 15.6. The van der Waals surface area contributed by atoms with Gasteiger partial charge in [0.1, 0.15) is 6.61 Å². The third-order valence-corrected chi connectivity index (χ3v) is 3.35. The number of alkyl halides is 3. The van der Waals surface area contributed by atoms with Crippen molar-refractivity contribution >= 4 is 5.69 Å². The summed E-state index contributed by atoms with van der Waals surface area (Å²) in [6.45, 7) is 2.74. The maximum atomic E-state index is 12.5. The fraction of sp³-hybridized carbons (Fsp3) is 0.538. The summed E-state index contributed by atoms with van der Waals surface area (Å²) in [5.41, 5.74) is -1.72. The van der Waals surface area contributed by atoms with Crippen molar-refractivity contribution < 1.29 is 22.8 Å². The van der Waals surface area contributed by atoms with Crippen LogP contribution in [0.15, 0.2) is 18.2 Å². The summed E-state index contributed by atoms with van der Waals surface area (Å²) in [6.07, 6.45) is -2.39. The molecule has 0 amide bonds. The predicted octanol–water partition coefficient (Wildman–Crippen LogP) is 3.09. The van der Waals surface area contributed by atoms with Crippen molar-refractivity contribution in [3.63, 3.8) is 0 Å². The second-order valence-electron chi connectivity index (χ2n) is 4.83. The monoisotopic (exact) mass is 304 g/mol. The van der Waals surface area contributed by atoms with Crippen molar-refractivity contribution in [2.24, 2.45) is 0 Å². The Bertz CT molecular complexity index is 514. The smallest absolute Gasteiger partial charge is 0.416 e. The number of halogens is 3. The van der Waals surface area contributed by atoms with Crippen molar-refractivity contribution in [2.45, 2.75) is 19.0 Å². The van der Waals surface area contributed by atoms with Crippen molar-refractivity contribution in [3.8, 4) is 5.75 Å². The first-order valence-electron chi connectivity index (χ1n) is 6.59. The molecule has 1 heterocycles. The fourth-order valence-corrected chi connectivity index (χ4v) is 2.25. The zero-order chi connectivity index (χ0) is 15.5. The lowest BCUT2D eigenvalue weighted by Crippen LogP contribution is -2.25. The SMILES string of the molecule is O=[N+]([O-])c1cc(C(F)(F)F)ccc1OCCN1CCCC1. The maximum Gasteiger partial charge on any atom is 0.416 e. The van der Waals surface area contributed by atoms with Crippen LogP contribution in [0.2, 0.25) is 0 Å². The third kappa shape index (κ3) is 4.07. The molecule has 0 aromatic heterocycles. The second kappa shape index (κ2) is 6.30. The lowest BCUT2D eigenvalue weighted by atomic mass is 10.2. The highest BCUT2D eigenvalue weighted by Crippen LogP contribution is 2.35. The van der Waals surface area contributed by atoms with Gasteiger partial charge < -0.3 is 4.74 Å². The molecule has 1 aromatic carbocycles. The number of rotatable bonds is 5. The van der Waals surface area contributed by atoms with E-state index in [1.54, 1.807) is 0 Å². The van der Waals surface area contributed by atoms with Crippen LogP contribution in [0.1, 0.15) is 18.4 Å². The number of ether oxygens (including phenoxy) is 1. The van der Waals surface area contributed by atoms with Gasteiger partial charge in [0.05, 0.1) is 10.5 Å². The first-order valence-corrected chi connectivity index (χ1v) is 6.59. The average Bonchev–Trinajstić information content (AvgIpc) is 2.90. The van der Waals surface area contributed by atoms with Crippen LogP contribution in [-0.2, 0) is 6.18 Å². The van der Waals surface area contributed by atoms with Crippen LogP contribution in [0.4, 0.5) is 18.9 Å². The third-order valence-electron chi connectivity index (χ3n) is 3.35. The van der Waals surface area contributed by atoms with E-state index in [4.69, 9.17) is 4.74 Å². The number of hydrogen-bond acceptors (Lipinski definition) is 4. The minimum atomic E-state index is -4.61. The molecule has 116 valence electrons. The zero-order valence-corrected chi connectivity index (χ0v) is 11.2. The molecule has 1 aliphatic heterocycles. The molecule has 1 aliphatic rings. The highest BCUT2D eigenvalue weighted by Gasteiger charge is 2.33. The summed E-state index contributed by atoms with van der Waals surface area (Å²) in [5, 5.41) is 10.9. The molecule has 0 saturated carbocycles. The van der Waals surface area contributed by atoms with Crippen molar-refractivity contribution in [1.82, 2.24) is 4.90 Å². The molecule has 0 unspecified atom stereocenters. The number of nitro groups is 1. The first-order chi connectivity index (χ1) is 9.88. The largest absolute Gasteiger partial charge is 0.485 e. The molecule has 0 radical (unpaired) electrons. The Morgan fingerprint density at radius 2 is 1.95 bits per heavy atom. The second-order valence-corrected chi connectivity index (χ2v) is 4.83. The van der Waals surface area contributed by atoms with Gasteiger partial charge in [-0.3, -0.25) is 15.0 Å². The Kier molecular flexibility index (Phi) is 4.66. The molecular formula is C13H15F3N2O3. The molecule has 0 aliphatic carbocycles. The summed E-state index contributed by atoms with van der Waals surface area (Å²) < 4.78 is 42.9. The summed E-state index contributed by atoms with van der Waals surface area (Å²) in [7, 11) is 0. The van der Waals surface area contributed by atoms with Crippen LogP contribution < -0.4 is 4.74 Å². The van der Waals surface area contributed by atoms with Crippen LogP contribution in [0.3, 0.4) is 0 Å². The van der Waals surface area contributed by atoms with Gasteiger partial charge in [-0.05, 0) is 38.1 Å². The van der Waals surface area contributed by atoms with Gasteiger partial charge in [-0.2, -0.15) is 13.2 Å². The zero-order valence-electron chi connectivity index (χ0n) is 11.2. The van der Waals surface area contributed by atoms with Crippen LogP contribution in [0.5, 0.6) is 5.75 Å². The quantitative estimate of drug-likeness (QED) is 0.619. The summed E-state index contributed by atoms with van der Waals surface area (Å²) in [4.78, 5) is 12.2. The van der Waals surface area contributed by atoms with Gasteiger partial charge in [0.15, 0.2) is 5.75 Å². The van der Waals surface area contributed by atoms with Crippen LogP contribution in [-0.4, -0.2) is 36.1 Å². The Hall–Kier alpha value is -1.83. The van der Waals surface area contributed by atoms with E-state index >= 15 is 0 Å². The Morgan fingerprint density at radius 3 is 2.52 bits per heavy atom. The van der Waals surface area contributed by atoms with Crippen molar-refractivity contribution in [1.29, 1.82) is 0 Å². The van der Waals surface area contributed by atoms with Gasteiger partial charge in [0.2, 0.25) is 0 Å². The topological polar surface area (TPSA) is 55.6 Å². The normalized spacial score (nSPS) is 16.1. The van der Waals surface area contributed by atoms with E-state index in [0.717, 1.165) is 38.1 Å². The van der Waals surface area contributed by atoms with E-state index in [2.05, 4.69) is 4.90 Å². The molecule has 2 rings (SSSR count). The molecule has 0 N–H and O–H groups in total. The molecule has 21 heavy (non-hydrogen) atoms. The highest BCUT2D eigenvalue weighted by molar-refractivity contribution is 5.49. The maximum absolute atomic E-state index is 12.5. The van der Waals surface area contributed by atoms with Crippen LogP contribution in [0, 0.1) is 10.1 Å². The number of nitrogens with zero attached hydrogens (tertiary/aromatic N) is 2. The molecule has 0 bridgehead atoms. The van der Waals surface area contributed by atoms with E-state index < -0.39 is 22.4 Å². The van der Waals surface area contributed by atoms with E-state index in [1.807, 2.05) is 0 Å². The number of nitro benzene ring substituents is 1. The Balaban J connectivity index is 2.05. The van der Waals surface area contributed by atoms with Crippen molar-refractivity contribution in [2.75, 3.05) is 26.2 Å². The van der Waals surface area contributed by atoms with Crippen molar-refractivity contribution in [3.05, 3.63) is 33.9 Å². The predicted molar refractivity (Wildman–Crippen MR) is 69.3 cm³/mol. The van der Waals surface area contributed by atoms with Gasteiger partial charge in [0.25, 0.3) is 0 Å². The van der Waals surface area contributed by atoms with E-state index in [1.165, 1.54) is 0 Å². The number of likely N-dealkylation sites (tertiary alicyclic amines) is 1. The molecule has 5 nitrogen and oxygen atoms in total. The van der Waals surface area contributed by atoms with E-state index in [0.29, 0.717) is 12.6 Å². The molecule has 0 spiro atoms. The lowest BCUT2D eigenvalue weighted by Gasteiger charge is -2.15. The highest BCUT2D eigenvalue weighted by atomic mass is 19.4. The summed E-state index contributed by atoms with van der Waals surface area (Å²) in [6, 6.07) is 2.30. The van der Waals surface area contributed by atoms with Gasteiger partial charge in [-0.15, -0.1) is 0 Å². The van der Waals surface area contributed by atoms with E-state index in [9.17, 15) is 23.3 Å². The van der Waals surface area contributed by atoms with Gasteiger partial charge in [0, 0.05) is 12.6 Å². The van der Waals surface area contributed by atoms with Crippen LogP contribution >= 0.6 is 0 Å². The minimum absolute atomic E-state index is 0.132. The van der Waals surface area contributed by atoms with Crippen LogP contribution in [0.25, 0.3) is 0 Å². The van der Waals surface area contributed by atoms with E-state index in [-0.39, 0.29) is 12.4 Å².